The molecule has 0 spiro atoms. The van der Waals surface area contributed by atoms with Crippen LogP contribution in [0, 0.1) is 5.92 Å². The van der Waals surface area contributed by atoms with Crippen LogP contribution in [0.15, 0.2) is 60.7 Å². The zero-order chi connectivity index (χ0) is 13.6. The van der Waals surface area contributed by atoms with Crippen LogP contribution >= 0.6 is 0 Å². The van der Waals surface area contributed by atoms with Crippen molar-refractivity contribution in [2.75, 3.05) is 0 Å². The minimum atomic E-state index is 0.273. The number of hydrogen-bond acceptors (Lipinski definition) is 1. The second kappa shape index (κ2) is 4.46. The van der Waals surface area contributed by atoms with Crippen LogP contribution in [0.5, 0.6) is 0 Å². The second-order valence-electron chi connectivity index (χ2n) is 6.46. The highest BCUT2D eigenvalue weighted by Crippen LogP contribution is 2.60. The smallest absolute Gasteiger partial charge is 0.0171 e. The minimum absolute atomic E-state index is 0.273. The van der Waals surface area contributed by atoms with Crippen LogP contribution in [-0.4, -0.2) is 6.04 Å². The predicted octanol–water partition coefficient (Wildman–Crippen LogP) is 3.85. The first-order chi connectivity index (χ1) is 9.81. The van der Waals surface area contributed by atoms with Gasteiger partial charge in [0, 0.05) is 11.5 Å². The summed E-state index contributed by atoms with van der Waals surface area (Å²) in [6.45, 7) is 0. The molecule has 1 heteroatoms. The Morgan fingerprint density at radius 1 is 0.900 bits per heavy atom. The van der Waals surface area contributed by atoms with Crippen LogP contribution in [0.3, 0.4) is 0 Å². The SMILES string of the molecule is NC(C1CC1c1ccccc1)C1(c2ccccc2)CC1. The molecule has 0 amide bonds. The van der Waals surface area contributed by atoms with Gasteiger partial charge in [0.1, 0.15) is 0 Å². The molecular formula is C19H21N. The Kier molecular flexibility index (Phi) is 2.71. The molecule has 2 aromatic carbocycles. The fourth-order valence-electron chi connectivity index (χ4n) is 3.82. The van der Waals surface area contributed by atoms with Crippen molar-refractivity contribution in [3.05, 3.63) is 71.8 Å². The van der Waals surface area contributed by atoms with Gasteiger partial charge in [0.25, 0.3) is 0 Å². The molecule has 2 aliphatic carbocycles. The van der Waals surface area contributed by atoms with Crippen molar-refractivity contribution in [1.29, 1.82) is 0 Å². The Labute approximate surface area is 120 Å². The van der Waals surface area contributed by atoms with Crippen LogP contribution in [0.1, 0.15) is 36.3 Å². The largest absolute Gasteiger partial charge is 0.327 e. The van der Waals surface area contributed by atoms with Gasteiger partial charge < -0.3 is 5.73 Å². The summed E-state index contributed by atoms with van der Waals surface area (Å²) in [5.41, 5.74) is 9.87. The van der Waals surface area contributed by atoms with Gasteiger partial charge >= 0.3 is 0 Å². The van der Waals surface area contributed by atoms with Gasteiger partial charge in [-0.25, -0.2) is 0 Å². The Hall–Kier alpha value is -1.60. The summed E-state index contributed by atoms with van der Waals surface area (Å²) in [6, 6.07) is 22.1. The highest BCUT2D eigenvalue weighted by Gasteiger charge is 2.57. The van der Waals surface area contributed by atoms with E-state index in [0.29, 0.717) is 17.9 Å². The van der Waals surface area contributed by atoms with Crippen molar-refractivity contribution in [3.63, 3.8) is 0 Å². The molecule has 0 saturated heterocycles. The number of benzene rings is 2. The first-order valence-corrected chi connectivity index (χ1v) is 7.67. The molecular weight excluding hydrogens is 242 g/mol. The van der Waals surface area contributed by atoms with E-state index < -0.39 is 0 Å². The first kappa shape index (κ1) is 12.2. The summed E-state index contributed by atoms with van der Waals surface area (Å²) >= 11 is 0. The van der Waals surface area contributed by atoms with E-state index in [1.807, 2.05) is 0 Å². The zero-order valence-electron chi connectivity index (χ0n) is 11.7. The maximum absolute atomic E-state index is 6.68. The van der Waals surface area contributed by atoms with Crippen molar-refractivity contribution < 1.29 is 0 Å². The van der Waals surface area contributed by atoms with Gasteiger partial charge in [-0.15, -0.1) is 0 Å². The quantitative estimate of drug-likeness (QED) is 0.891. The molecule has 2 aliphatic rings. The van der Waals surface area contributed by atoms with E-state index in [9.17, 15) is 0 Å². The van der Waals surface area contributed by atoms with Crippen LogP contribution in [0.25, 0.3) is 0 Å². The summed E-state index contributed by atoms with van der Waals surface area (Å²) < 4.78 is 0. The monoisotopic (exact) mass is 263 g/mol. The molecule has 102 valence electrons. The minimum Gasteiger partial charge on any atom is -0.327 e. The van der Waals surface area contributed by atoms with Crippen molar-refractivity contribution in [2.45, 2.75) is 36.6 Å². The van der Waals surface area contributed by atoms with Crippen molar-refractivity contribution in [3.8, 4) is 0 Å². The van der Waals surface area contributed by atoms with Crippen LogP contribution < -0.4 is 5.73 Å². The molecule has 2 aromatic rings. The lowest BCUT2D eigenvalue weighted by Gasteiger charge is -2.24. The summed E-state index contributed by atoms with van der Waals surface area (Å²) in [5.74, 6) is 1.35. The lowest BCUT2D eigenvalue weighted by molar-refractivity contribution is 0.459. The third-order valence-corrected chi connectivity index (χ3v) is 5.30. The molecule has 0 heterocycles. The highest BCUT2D eigenvalue weighted by atomic mass is 14.8. The lowest BCUT2D eigenvalue weighted by Crippen LogP contribution is -2.37. The van der Waals surface area contributed by atoms with Crippen LogP contribution in [0.4, 0.5) is 0 Å². The fourth-order valence-corrected chi connectivity index (χ4v) is 3.82. The Morgan fingerprint density at radius 3 is 2.10 bits per heavy atom. The molecule has 2 saturated carbocycles. The van der Waals surface area contributed by atoms with E-state index >= 15 is 0 Å². The molecule has 0 aliphatic heterocycles. The fraction of sp³-hybridized carbons (Fsp3) is 0.368. The molecule has 4 rings (SSSR count). The van der Waals surface area contributed by atoms with Gasteiger partial charge in [0.2, 0.25) is 0 Å². The molecule has 2 fully saturated rings. The zero-order valence-corrected chi connectivity index (χ0v) is 11.7. The van der Waals surface area contributed by atoms with E-state index in [1.54, 1.807) is 0 Å². The molecule has 0 radical (unpaired) electrons. The van der Waals surface area contributed by atoms with Gasteiger partial charge in [-0.1, -0.05) is 60.7 Å². The predicted molar refractivity (Wildman–Crippen MR) is 82.6 cm³/mol. The third-order valence-electron chi connectivity index (χ3n) is 5.30. The van der Waals surface area contributed by atoms with E-state index in [2.05, 4.69) is 60.7 Å². The number of hydrogen-bond donors (Lipinski definition) is 1. The molecule has 3 atom stereocenters. The van der Waals surface area contributed by atoms with Crippen molar-refractivity contribution in [1.82, 2.24) is 0 Å². The third kappa shape index (κ3) is 1.89. The number of nitrogens with two attached hydrogens (primary N) is 1. The van der Waals surface area contributed by atoms with E-state index in [4.69, 9.17) is 5.73 Å². The van der Waals surface area contributed by atoms with Gasteiger partial charge in [-0.2, -0.15) is 0 Å². The Morgan fingerprint density at radius 2 is 1.50 bits per heavy atom. The average molecular weight is 263 g/mol. The molecule has 3 unspecified atom stereocenters. The van der Waals surface area contributed by atoms with E-state index in [0.717, 1.165) is 0 Å². The Balaban J connectivity index is 1.54. The molecule has 0 bridgehead atoms. The summed E-state index contributed by atoms with van der Waals surface area (Å²) in [6.07, 6.45) is 3.78. The van der Waals surface area contributed by atoms with Crippen molar-refractivity contribution >= 4 is 0 Å². The normalized spacial score (nSPS) is 27.9. The van der Waals surface area contributed by atoms with E-state index in [1.165, 1.54) is 30.4 Å². The highest BCUT2D eigenvalue weighted by molar-refractivity contribution is 5.37. The number of rotatable bonds is 4. The average Bonchev–Trinajstić information content (AvgIpc) is 3.41. The topological polar surface area (TPSA) is 26.0 Å². The van der Waals surface area contributed by atoms with Gasteiger partial charge in [-0.05, 0) is 42.2 Å². The lowest BCUT2D eigenvalue weighted by atomic mass is 9.85. The van der Waals surface area contributed by atoms with Gasteiger partial charge in [0.15, 0.2) is 0 Å². The Bertz CT molecular complexity index is 586. The molecule has 0 aromatic heterocycles. The second-order valence-corrected chi connectivity index (χ2v) is 6.46. The maximum atomic E-state index is 6.68. The first-order valence-electron chi connectivity index (χ1n) is 7.67. The standard InChI is InChI=1S/C19H21N/c20-18(17-13-16(17)14-7-3-1-4-8-14)19(11-12-19)15-9-5-2-6-10-15/h1-10,16-18H,11-13,20H2. The summed E-state index contributed by atoms with van der Waals surface area (Å²) in [7, 11) is 0. The van der Waals surface area contributed by atoms with Gasteiger partial charge in [-0.3, -0.25) is 0 Å². The molecule has 1 nitrogen and oxygen atoms in total. The molecule has 2 N–H and O–H groups in total. The maximum Gasteiger partial charge on any atom is 0.0171 e. The summed E-state index contributed by atoms with van der Waals surface area (Å²) in [5, 5.41) is 0. The van der Waals surface area contributed by atoms with Crippen molar-refractivity contribution in [2.24, 2.45) is 11.7 Å². The molecule has 20 heavy (non-hydrogen) atoms. The van der Waals surface area contributed by atoms with Gasteiger partial charge in [0.05, 0.1) is 0 Å². The van der Waals surface area contributed by atoms with Crippen LogP contribution in [0.2, 0.25) is 0 Å². The van der Waals surface area contributed by atoms with E-state index in [-0.39, 0.29) is 5.41 Å². The van der Waals surface area contributed by atoms with Crippen LogP contribution in [-0.2, 0) is 5.41 Å². The summed E-state index contributed by atoms with van der Waals surface area (Å²) in [4.78, 5) is 0.